The van der Waals surface area contributed by atoms with E-state index in [0.717, 1.165) is 44.4 Å². The van der Waals surface area contributed by atoms with Gasteiger partial charge in [-0.25, -0.2) is 0 Å². The van der Waals surface area contributed by atoms with E-state index in [2.05, 4.69) is 44.1 Å². The highest BCUT2D eigenvalue weighted by Crippen LogP contribution is 2.42. The number of fused-ring (bicyclic) bond motifs is 1. The lowest BCUT2D eigenvalue weighted by atomic mass is 10.1. The van der Waals surface area contributed by atoms with Crippen LogP contribution in [0.1, 0.15) is 18.2 Å². The Morgan fingerprint density at radius 3 is 2.67 bits per heavy atom. The second kappa shape index (κ2) is 5.63. The van der Waals surface area contributed by atoms with Crippen LogP contribution in [0.2, 0.25) is 0 Å². The summed E-state index contributed by atoms with van der Waals surface area (Å²) in [5, 5.41) is 4.22. The Balaban J connectivity index is 2.80. The standard InChI is InChI=1S/C13H15Br2NO2/c1-4-7-10(6-16-2)18-13-8(14)5-9(17-3)12(15)11(7)13/h5,16H,4,6H2,1-3H3. The number of nitrogens with one attached hydrogen (secondary N) is 1. The minimum absolute atomic E-state index is 0.721. The molecular formula is C13H15Br2NO2. The minimum Gasteiger partial charge on any atom is -0.496 e. The zero-order valence-electron chi connectivity index (χ0n) is 10.6. The number of rotatable bonds is 4. The Bertz CT molecular complexity index is 578. The Morgan fingerprint density at radius 1 is 1.39 bits per heavy atom. The number of benzene rings is 1. The van der Waals surface area contributed by atoms with Gasteiger partial charge in [-0.2, -0.15) is 0 Å². The Kier molecular flexibility index (Phi) is 4.35. The van der Waals surface area contributed by atoms with Crippen molar-refractivity contribution in [1.82, 2.24) is 5.32 Å². The molecule has 98 valence electrons. The van der Waals surface area contributed by atoms with Crippen LogP contribution in [-0.2, 0) is 13.0 Å². The van der Waals surface area contributed by atoms with Gasteiger partial charge in [-0.3, -0.25) is 0 Å². The molecule has 3 nitrogen and oxygen atoms in total. The van der Waals surface area contributed by atoms with Gasteiger partial charge < -0.3 is 14.5 Å². The summed E-state index contributed by atoms with van der Waals surface area (Å²) >= 11 is 7.14. The van der Waals surface area contributed by atoms with Gasteiger partial charge in [0.25, 0.3) is 0 Å². The minimum atomic E-state index is 0.721. The fraction of sp³-hybridized carbons (Fsp3) is 0.385. The lowest BCUT2D eigenvalue weighted by Gasteiger charge is -2.06. The predicted octanol–water partition coefficient (Wildman–Crippen LogP) is 4.25. The highest BCUT2D eigenvalue weighted by molar-refractivity contribution is 9.11. The quantitative estimate of drug-likeness (QED) is 0.866. The number of halogens is 2. The molecule has 0 radical (unpaired) electrons. The summed E-state index contributed by atoms with van der Waals surface area (Å²) in [6.07, 6.45) is 0.919. The highest BCUT2D eigenvalue weighted by Gasteiger charge is 2.20. The van der Waals surface area contributed by atoms with Gasteiger partial charge in [0.2, 0.25) is 0 Å². The SMILES string of the molecule is CCc1c(CNC)oc2c(Br)cc(OC)c(Br)c12. The first-order chi connectivity index (χ1) is 8.63. The summed E-state index contributed by atoms with van der Waals surface area (Å²) in [6, 6.07) is 1.92. The van der Waals surface area contributed by atoms with E-state index in [9.17, 15) is 0 Å². The molecule has 0 saturated carbocycles. The molecule has 0 unspecified atom stereocenters. The molecule has 0 bridgehead atoms. The topological polar surface area (TPSA) is 34.4 Å². The van der Waals surface area contributed by atoms with Gasteiger partial charge in [-0.1, -0.05) is 6.92 Å². The molecule has 2 aromatic rings. The third-order valence-corrected chi connectivity index (χ3v) is 4.29. The lowest BCUT2D eigenvalue weighted by molar-refractivity contribution is 0.412. The third kappa shape index (κ3) is 2.19. The van der Waals surface area contributed by atoms with Crippen molar-refractivity contribution < 1.29 is 9.15 Å². The molecule has 1 N–H and O–H groups in total. The van der Waals surface area contributed by atoms with E-state index in [0.29, 0.717) is 0 Å². The summed E-state index contributed by atoms with van der Waals surface area (Å²) in [5.41, 5.74) is 2.08. The lowest BCUT2D eigenvalue weighted by Crippen LogP contribution is -2.05. The average Bonchev–Trinajstić information content (AvgIpc) is 2.73. The van der Waals surface area contributed by atoms with E-state index in [4.69, 9.17) is 9.15 Å². The summed E-state index contributed by atoms with van der Waals surface area (Å²) < 4.78 is 13.2. The summed E-state index contributed by atoms with van der Waals surface area (Å²) in [6.45, 7) is 2.85. The first-order valence-corrected chi connectivity index (χ1v) is 7.33. The van der Waals surface area contributed by atoms with Gasteiger partial charge in [0.1, 0.15) is 17.1 Å². The molecule has 1 aromatic heterocycles. The zero-order chi connectivity index (χ0) is 13.3. The highest BCUT2D eigenvalue weighted by atomic mass is 79.9. The van der Waals surface area contributed by atoms with Crippen LogP contribution in [-0.4, -0.2) is 14.2 Å². The van der Waals surface area contributed by atoms with Crippen LogP contribution in [0.25, 0.3) is 11.0 Å². The maximum atomic E-state index is 5.95. The second-order valence-electron chi connectivity index (χ2n) is 3.97. The van der Waals surface area contributed by atoms with Crippen molar-refractivity contribution in [2.75, 3.05) is 14.2 Å². The molecule has 0 atom stereocenters. The Labute approximate surface area is 123 Å². The van der Waals surface area contributed by atoms with Crippen molar-refractivity contribution in [3.8, 4) is 5.75 Å². The van der Waals surface area contributed by atoms with Gasteiger partial charge in [0.05, 0.1) is 22.6 Å². The number of methoxy groups -OCH3 is 1. The van der Waals surface area contributed by atoms with E-state index in [1.807, 2.05) is 13.1 Å². The van der Waals surface area contributed by atoms with Gasteiger partial charge >= 0.3 is 0 Å². The maximum absolute atomic E-state index is 5.95. The normalized spacial score (nSPS) is 11.2. The van der Waals surface area contributed by atoms with Crippen molar-refractivity contribution in [2.45, 2.75) is 19.9 Å². The average molecular weight is 377 g/mol. The molecule has 0 spiro atoms. The van der Waals surface area contributed by atoms with E-state index in [1.165, 1.54) is 5.56 Å². The molecule has 5 heteroatoms. The van der Waals surface area contributed by atoms with Crippen LogP contribution < -0.4 is 10.1 Å². The molecule has 1 aromatic carbocycles. The van der Waals surface area contributed by atoms with Crippen LogP contribution in [0.15, 0.2) is 19.4 Å². The van der Waals surface area contributed by atoms with Crippen LogP contribution in [0, 0.1) is 0 Å². The number of hydrogen-bond donors (Lipinski definition) is 1. The largest absolute Gasteiger partial charge is 0.496 e. The van der Waals surface area contributed by atoms with E-state index in [1.54, 1.807) is 7.11 Å². The predicted molar refractivity (Wildman–Crippen MR) is 80.3 cm³/mol. The van der Waals surface area contributed by atoms with Crippen molar-refractivity contribution >= 4 is 42.8 Å². The van der Waals surface area contributed by atoms with Gasteiger partial charge in [-0.15, -0.1) is 0 Å². The Morgan fingerprint density at radius 2 is 2.11 bits per heavy atom. The van der Waals surface area contributed by atoms with Crippen molar-refractivity contribution in [2.24, 2.45) is 0 Å². The first-order valence-electron chi connectivity index (χ1n) is 5.74. The molecule has 0 saturated heterocycles. The van der Waals surface area contributed by atoms with Crippen LogP contribution in [0.4, 0.5) is 0 Å². The van der Waals surface area contributed by atoms with Gasteiger partial charge in [0.15, 0.2) is 0 Å². The number of aryl methyl sites for hydroxylation is 1. The molecule has 0 aliphatic carbocycles. The molecule has 2 rings (SSSR count). The fourth-order valence-corrected chi connectivity index (χ4v) is 3.29. The van der Waals surface area contributed by atoms with Gasteiger partial charge in [0, 0.05) is 10.9 Å². The van der Waals surface area contributed by atoms with Crippen molar-refractivity contribution in [1.29, 1.82) is 0 Å². The molecule has 1 heterocycles. The molecular weight excluding hydrogens is 362 g/mol. The molecule has 0 aliphatic rings. The monoisotopic (exact) mass is 375 g/mol. The third-order valence-electron chi connectivity index (χ3n) is 2.91. The molecule has 18 heavy (non-hydrogen) atoms. The molecule has 0 amide bonds. The van der Waals surface area contributed by atoms with Gasteiger partial charge in [-0.05, 0) is 51.4 Å². The van der Waals surface area contributed by atoms with E-state index >= 15 is 0 Å². The maximum Gasteiger partial charge on any atom is 0.150 e. The van der Waals surface area contributed by atoms with Crippen molar-refractivity contribution in [3.05, 3.63) is 26.3 Å². The van der Waals surface area contributed by atoms with Crippen LogP contribution >= 0.6 is 31.9 Å². The van der Waals surface area contributed by atoms with E-state index in [-0.39, 0.29) is 0 Å². The van der Waals surface area contributed by atoms with E-state index < -0.39 is 0 Å². The zero-order valence-corrected chi connectivity index (χ0v) is 13.7. The molecule has 0 fully saturated rings. The first kappa shape index (κ1) is 13.9. The number of furan rings is 1. The Hall–Kier alpha value is -0.520. The fourth-order valence-electron chi connectivity index (χ4n) is 2.11. The van der Waals surface area contributed by atoms with Crippen LogP contribution in [0.5, 0.6) is 5.75 Å². The number of hydrogen-bond acceptors (Lipinski definition) is 3. The molecule has 0 aliphatic heterocycles. The summed E-state index contributed by atoms with van der Waals surface area (Å²) in [7, 11) is 3.58. The smallest absolute Gasteiger partial charge is 0.150 e. The summed E-state index contributed by atoms with van der Waals surface area (Å²) in [5.74, 6) is 1.78. The van der Waals surface area contributed by atoms with Crippen LogP contribution in [0.3, 0.4) is 0 Å². The summed E-state index contributed by atoms with van der Waals surface area (Å²) in [4.78, 5) is 0. The van der Waals surface area contributed by atoms with Crippen molar-refractivity contribution in [3.63, 3.8) is 0 Å². The second-order valence-corrected chi connectivity index (χ2v) is 5.61. The number of ether oxygens (including phenoxy) is 1.